The summed E-state index contributed by atoms with van der Waals surface area (Å²) in [6.07, 6.45) is 8.93. The number of aryl methyl sites for hydroxylation is 1. The lowest BCUT2D eigenvalue weighted by Gasteiger charge is -2.16. The number of carbonyl (C=O) groups is 3. The molecule has 0 aliphatic carbocycles. The standard InChI is InChI=1S/C26H34N8O5/c1-4-5-6-10-17-22-23(28-16-27-17)32-20(31-22)15-34-14-9-12-19(25(34)37)29-24(36)18(30-26(38)39)11-7-8-13-21(35)33(2)3/h8-9,12-14,16,18,30H,4-7,10-11,15H2,1-3H3,(H,29,36)(H,38,39)(H,27,28,31,32)/b13-8+. The third-order valence-electron chi connectivity index (χ3n) is 5.97. The molecule has 0 saturated heterocycles. The van der Waals surface area contributed by atoms with Crippen molar-refractivity contribution in [3.63, 3.8) is 0 Å². The monoisotopic (exact) mass is 538 g/mol. The molecule has 3 rings (SSSR count). The first-order valence-electron chi connectivity index (χ1n) is 12.8. The highest BCUT2D eigenvalue weighted by Crippen LogP contribution is 2.15. The molecule has 13 heteroatoms. The third-order valence-corrected chi connectivity index (χ3v) is 5.97. The molecule has 13 nitrogen and oxygen atoms in total. The van der Waals surface area contributed by atoms with E-state index in [1.807, 2.05) is 0 Å². The van der Waals surface area contributed by atoms with Gasteiger partial charge >= 0.3 is 6.09 Å². The van der Waals surface area contributed by atoms with Crippen LogP contribution in [-0.2, 0) is 22.6 Å². The highest BCUT2D eigenvalue weighted by Gasteiger charge is 2.21. The minimum atomic E-state index is -1.38. The van der Waals surface area contributed by atoms with Crippen LogP contribution in [0.25, 0.3) is 11.2 Å². The van der Waals surface area contributed by atoms with Gasteiger partial charge in [-0.05, 0) is 43.9 Å². The van der Waals surface area contributed by atoms with E-state index >= 15 is 0 Å². The number of likely N-dealkylation sites (N-methyl/N-ethyl adjacent to an activating group) is 1. The number of hydrogen-bond acceptors (Lipinski definition) is 7. The Morgan fingerprint density at radius 3 is 2.74 bits per heavy atom. The smallest absolute Gasteiger partial charge is 0.405 e. The van der Waals surface area contributed by atoms with E-state index in [-0.39, 0.29) is 31.0 Å². The van der Waals surface area contributed by atoms with Crippen LogP contribution in [0.15, 0.2) is 41.6 Å². The van der Waals surface area contributed by atoms with Gasteiger partial charge in [-0.15, -0.1) is 0 Å². The van der Waals surface area contributed by atoms with Gasteiger partial charge in [0.2, 0.25) is 11.8 Å². The normalized spacial score (nSPS) is 12.0. The number of unbranched alkanes of at least 4 members (excludes halogenated alkanes) is 2. The van der Waals surface area contributed by atoms with Gasteiger partial charge in [0.1, 0.15) is 29.4 Å². The number of allylic oxidation sites excluding steroid dienone is 1. The molecule has 39 heavy (non-hydrogen) atoms. The molecule has 1 unspecified atom stereocenters. The molecule has 0 fully saturated rings. The lowest BCUT2D eigenvalue weighted by Crippen LogP contribution is -2.44. The Hall–Kier alpha value is -4.55. The van der Waals surface area contributed by atoms with Crippen LogP contribution >= 0.6 is 0 Å². The van der Waals surface area contributed by atoms with Gasteiger partial charge in [0.15, 0.2) is 5.65 Å². The summed E-state index contributed by atoms with van der Waals surface area (Å²) in [5.41, 5.74) is 1.65. The van der Waals surface area contributed by atoms with Crippen molar-refractivity contribution in [3.8, 4) is 0 Å². The van der Waals surface area contributed by atoms with Crippen molar-refractivity contribution < 1.29 is 19.5 Å². The maximum Gasteiger partial charge on any atom is 0.405 e. The van der Waals surface area contributed by atoms with Crippen molar-refractivity contribution in [1.82, 2.24) is 34.7 Å². The topological polar surface area (TPSA) is 175 Å². The van der Waals surface area contributed by atoms with Crippen LogP contribution in [0.3, 0.4) is 0 Å². The van der Waals surface area contributed by atoms with Crippen LogP contribution in [0.4, 0.5) is 10.5 Å². The van der Waals surface area contributed by atoms with Crippen LogP contribution in [0.1, 0.15) is 50.5 Å². The fourth-order valence-corrected chi connectivity index (χ4v) is 3.88. The van der Waals surface area contributed by atoms with E-state index in [0.717, 1.165) is 36.9 Å². The van der Waals surface area contributed by atoms with Gasteiger partial charge in [-0.1, -0.05) is 25.8 Å². The number of aromatic amines is 1. The number of anilines is 1. The fourth-order valence-electron chi connectivity index (χ4n) is 3.88. The minimum Gasteiger partial charge on any atom is -0.465 e. The summed E-state index contributed by atoms with van der Waals surface area (Å²) in [5.74, 6) is -0.399. The molecule has 0 aromatic carbocycles. The highest BCUT2D eigenvalue weighted by atomic mass is 16.4. The third kappa shape index (κ3) is 8.22. The summed E-state index contributed by atoms with van der Waals surface area (Å²) in [5, 5.41) is 13.8. The fraction of sp³-hybridized carbons (Fsp3) is 0.423. The maximum atomic E-state index is 13.1. The number of pyridine rings is 1. The number of rotatable bonds is 13. The number of hydrogen-bond donors (Lipinski definition) is 4. The number of nitrogens with zero attached hydrogens (tertiary/aromatic N) is 5. The Morgan fingerprint density at radius 1 is 1.23 bits per heavy atom. The molecule has 0 aliphatic heterocycles. The Bertz CT molecular complexity index is 1390. The lowest BCUT2D eigenvalue weighted by atomic mass is 10.1. The molecule has 3 aromatic rings. The summed E-state index contributed by atoms with van der Waals surface area (Å²) in [4.78, 5) is 66.5. The lowest BCUT2D eigenvalue weighted by molar-refractivity contribution is -0.123. The zero-order valence-electron chi connectivity index (χ0n) is 22.3. The summed E-state index contributed by atoms with van der Waals surface area (Å²) in [6, 6.07) is 1.92. The van der Waals surface area contributed by atoms with E-state index in [4.69, 9.17) is 5.11 Å². The number of nitrogens with one attached hydrogen (secondary N) is 3. The van der Waals surface area contributed by atoms with Crippen LogP contribution < -0.4 is 16.2 Å². The van der Waals surface area contributed by atoms with Gasteiger partial charge in [-0.3, -0.25) is 14.4 Å². The number of aromatic nitrogens is 5. The Morgan fingerprint density at radius 2 is 2.03 bits per heavy atom. The molecule has 4 N–H and O–H groups in total. The van der Waals surface area contributed by atoms with Gasteiger partial charge < -0.3 is 30.2 Å². The number of imidazole rings is 1. The molecular weight excluding hydrogens is 504 g/mol. The molecule has 3 aromatic heterocycles. The molecule has 0 aliphatic rings. The average molecular weight is 539 g/mol. The summed E-state index contributed by atoms with van der Waals surface area (Å²) in [6.45, 7) is 2.24. The van der Waals surface area contributed by atoms with Crippen molar-refractivity contribution >= 4 is 34.8 Å². The summed E-state index contributed by atoms with van der Waals surface area (Å²) >= 11 is 0. The maximum absolute atomic E-state index is 13.1. The number of fused-ring (bicyclic) bond motifs is 1. The second kappa shape index (κ2) is 13.8. The van der Waals surface area contributed by atoms with Gasteiger partial charge in [-0.2, -0.15) is 0 Å². The van der Waals surface area contributed by atoms with Crippen LogP contribution in [0.2, 0.25) is 0 Å². The number of carboxylic acid groups (broad SMARTS) is 1. The van der Waals surface area contributed by atoms with Gasteiger partial charge in [0.05, 0.1) is 12.2 Å². The van der Waals surface area contributed by atoms with E-state index in [2.05, 4.69) is 37.5 Å². The van der Waals surface area contributed by atoms with E-state index in [9.17, 15) is 19.2 Å². The van der Waals surface area contributed by atoms with Gasteiger partial charge in [-0.25, -0.2) is 19.7 Å². The van der Waals surface area contributed by atoms with E-state index < -0.39 is 23.6 Å². The second-order valence-electron chi connectivity index (χ2n) is 9.22. The summed E-state index contributed by atoms with van der Waals surface area (Å²) < 4.78 is 1.38. The van der Waals surface area contributed by atoms with Crippen LogP contribution in [-0.4, -0.2) is 72.6 Å². The Kier molecular flexibility index (Phi) is 10.3. The van der Waals surface area contributed by atoms with E-state index in [1.54, 1.807) is 32.4 Å². The average Bonchev–Trinajstić information content (AvgIpc) is 3.31. The molecule has 208 valence electrons. The quantitative estimate of drug-likeness (QED) is 0.189. The predicted octanol–water partition coefficient (Wildman–Crippen LogP) is 2.29. The summed E-state index contributed by atoms with van der Waals surface area (Å²) in [7, 11) is 3.21. The molecular formula is C26H34N8O5. The van der Waals surface area contributed by atoms with Gasteiger partial charge in [0, 0.05) is 20.3 Å². The van der Waals surface area contributed by atoms with Crippen molar-refractivity contribution in [3.05, 3.63) is 58.7 Å². The van der Waals surface area contributed by atoms with Crippen LogP contribution in [0, 0.1) is 0 Å². The molecule has 0 saturated carbocycles. The second-order valence-corrected chi connectivity index (χ2v) is 9.22. The molecule has 3 amide bonds. The zero-order chi connectivity index (χ0) is 28.4. The molecule has 3 heterocycles. The van der Waals surface area contributed by atoms with Crippen molar-refractivity contribution in [1.29, 1.82) is 0 Å². The van der Waals surface area contributed by atoms with Gasteiger partial charge in [0.25, 0.3) is 5.56 Å². The molecule has 0 bridgehead atoms. The number of carbonyl (C=O) groups excluding carboxylic acids is 2. The zero-order valence-corrected chi connectivity index (χ0v) is 22.3. The number of H-pyrrole nitrogens is 1. The van der Waals surface area contributed by atoms with Crippen molar-refractivity contribution in [2.45, 2.75) is 58.0 Å². The van der Waals surface area contributed by atoms with E-state index in [1.165, 1.54) is 27.9 Å². The Labute approximate surface area is 225 Å². The molecule has 0 spiro atoms. The Balaban J connectivity index is 1.72. The predicted molar refractivity (Wildman–Crippen MR) is 145 cm³/mol. The molecule has 0 radical (unpaired) electrons. The largest absolute Gasteiger partial charge is 0.465 e. The first-order chi connectivity index (χ1) is 18.7. The first-order valence-corrected chi connectivity index (χ1v) is 12.8. The minimum absolute atomic E-state index is 0.00539. The SMILES string of the molecule is CCCCCc1ncnc2nc(Cn3cccc(NC(=O)C(CC/C=C/C(=O)N(C)C)NC(=O)O)c3=O)[nH]c12. The molecule has 1 atom stereocenters. The van der Waals surface area contributed by atoms with Crippen molar-refractivity contribution in [2.75, 3.05) is 19.4 Å². The van der Waals surface area contributed by atoms with Crippen molar-refractivity contribution in [2.24, 2.45) is 0 Å². The van der Waals surface area contributed by atoms with Crippen LogP contribution in [0.5, 0.6) is 0 Å². The van der Waals surface area contributed by atoms with E-state index in [0.29, 0.717) is 11.5 Å². The first kappa shape index (κ1) is 29.0. The highest BCUT2D eigenvalue weighted by molar-refractivity contribution is 5.96. The number of amides is 3.